The van der Waals surface area contributed by atoms with Gasteiger partial charge in [-0.25, -0.2) is 0 Å². The standard InChI is InChI=1S/C10H13N3O2/c1-12-9(4-5-11-12)10(15)13-6-2-3-8(14)7-13/h4-5H,2-3,6-7H2,1H3. The number of hydrogen-bond acceptors (Lipinski definition) is 3. The fraction of sp³-hybridized carbons (Fsp3) is 0.500. The van der Waals surface area contributed by atoms with Crippen molar-refractivity contribution in [3.63, 3.8) is 0 Å². The minimum Gasteiger partial charge on any atom is -0.330 e. The molecule has 80 valence electrons. The third-order valence-corrected chi connectivity index (χ3v) is 2.58. The second-order valence-corrected chi connectivity index (χ2v) is 3.71. The molecule has 0 atom stereocenters. The van der Waals surface area contributed by atoms with Crippen LogP contribution < -0.4 is 0 Å². The summed E-state index contributed by atoms with van der Waals surface area (Å²) in [5.74, 6) is 0.0276. The number of rotatable bonds is 1. The van der Waals surface area contributed by atoms with Crippen LogP contribution in [0.4, 0.5) is 0 Å². The number of carbonyl (C=O) groups is 2. The first-order valence-corrected chi connectivity index (χ1v) is 4.97. The van der Waals surface area contributed by atoms with Gasteiger partial charge in [0.15, 0.2) is 5.78 Å². The summed E-state index contributed by atoms with van der Waals surface area (Å²) in [4.78, 5) is 24.7. The molecule has 1 aromatic heterocycles. The normalized spacial score (nSPS) is 16.9. The van der Waals surface area contributed by atoms with Gasteiger partial charge in [-0.3, -0.25) is 14.3 Å². The van der Waals surface area contributed by atoms with Crippen LogP contribution in [0.1, 0.15) is 23.3 Å². The largest absolute Gasteiger partial charge is 0.330 e. The Balaban J connectivity index is 2.14. The fourth-order valence-electron chi connectivity index (χ4n) is 1.76. The molecule has 0 aromatic carbocycles. The fourth-order valence-corrected chi connectivity index (χ4v) is 1.76. The zero-order chi connectivity index (χ0) is 10.8. The van der Waals surface area contributed by atoms with Crippen LogP contribution in [-0.2, 0) is 11.8 Å². The molecule has 1 amide bonds. The summed E-state index contributed by atoms with van der Waals surface area (Å²) < 4.78 is 1.53. The van der Waals surface area contributed by atoms with Crippen LogP contribution in [0.5, 0.6) is 0 Å². The Morgan fingerprint density at radius 2 is 2.33 bits per heavy atom. The molecule has 5 heteroatoms. The number of hydrogen-bond donors (Lipinski definition) is 0. The molecule has 2 rings (SSSR count). The molecule has 0 unspecified atom stereocenters. The lowest BCUT2D eigenvalue weighted by atomic mass is 10.1. The molecule has 15 heavy (non-hydrogen) atoms. The SMILES string of the molecule is Cn1nccc1C(=O)N1CCCC(=O)C1. The number of aromatic nitrogens is 2. The average Bonchev–Trinajstić information content (AvgIpc) is 2.63. The topological polar surface area (TPSA) is 55.2 Å². The van der Waals surface area contributed by atoms with Crippen molar-refractivity contribution in [2.75, 3.05) is 13.1 Å². The molecule has 5 nitrogen and oxygen atoms in total. The van der Waals surface area contributed by atoms with Crippen molar-refractivity contribution in [1.29, 1.82) is 0 Å². The maximum absolute atomic E-state index is 11.9. The van der Waals surface area contributed by atoms with Gasteiger partial charge in [0.25, 0.3) is 5.91 Å². The predicted octanol–water partition coefficient (Wildman–Crippen LogP) is 0.225. The first-order valence-electron chi connectivity index (χ1n) is 4.97. The van der Waals surface area contributed by atoms with E-state index in [1.54, 1.807) is 24.2 Å². The smallest absolute Gasteiger partial charge is 0.272 e. The number of aryl methyl sites for hydroxylation is 1. The molecule has 2 heterocycles. The molecule has 1 aliphatic heterocycles. The third-order valence-electron chi connectivity index (χ3n) is 2.58. The van der Waals surface area contributed by atoms with Crippen LogP contribution in [0.25, 0.3) is 0 Å². The Labute approximate surface area is 87.7 Å². The van der Waals surface area contributed by atoms with Gasteiger partial charge in [-0.05, 0) is 12.5 Å². The molecule has 0 aliphatic carbocycles. The van der Waals surface area contributed by atoms with Gasteiger partial charge in [0.1, 0.15) is 5.69 Å². The Kier molecular flexibility index (Phi) is 2.53. The number of ketones is 1. The van der Waals surface area contributed by atoms with E-state index in [2.05, 4.69) is 5.10 Å². The minimum atomic E-state index is -0.108. The van der Waals surface area contributed by atoms with E-state index in [-0.39, 0.29) is 18.2 Å². The van der Waals surface area contributed by atoms with Crippen LogP contribution in [0.2, 0.25) is 0 Å². The molecule has 0 N–H and O–H groups in total. The van der Waals surface area contributed by atoms with Gasteiger partial charge < -0.3 is 4.90 Å². The van der Waals surface area contributed by atoms with Gasteiger partial charge in [-0.1, -0.05) is 0 Å². The molecule has 1 aromatic rings. The highest BCUT2D eigenvalue weighted by Crippen LogP contribution is 2.10. The number of piperidine rings is 1. The number of amides is 1. The molecule has 0 spiro atoms. The van der Waals surface area contributed by atoms with E-state index < -0.39 is 0 Å². The zero-order valence-electron chi connectivity index (χ0n) is 8.64. The zero-order valence-corrected chi connectivity index (χ0v) is 8.64. The van der Waals surface area contributed by atoms with Crippen molar-refractivity contribution in [3.05, 3.63) is 18.0 Å². The van der Waals surface area contributed by atoms with E-state index in [1.807, 2.05) is 0 Å². The van der Waals surface area contributed by atoms with Crippen LogP contribution in [0, 0.1) is 0 Å². The first-order chi connectivity index (χ1) is 7.18. The van der Waals surface area contributed by atoms with Crippen LogP contribution in [0.15, 0.2) is 12.3 Å². The summed E-state index contributed by atoms with van der Waals surface area (Å²) in [7, 11) is 1.72. The summed E-state index contributed by atoms with van der Waals surface area (Å²) >= 11 is 0. The van der Waals surface area contributed by atoms with Gasteiger partial charge in [0.05, 0.1) is 6.54 Å². The van der Waals surface area contributed by atoms with E-state index >= 15 is 0 Å². The second kappa shape index (κ2) is 3.84. The van der Waals surface area contributed by atoms with Gasteiger partial charge >= 0.3 is 0 Å². The predicted molar refractivity (Wildman–Crippen MR) is 53.4 cm³/mol. The molecule has 0 bridgehead atoms. The summed E-state index contributed by atoms with van der Waals surface area (Å²) in [6.07, 6.45) is 2.94. The van der Waals surface area contributed by atoms with Crippen molar-refractivity contribution < 1.29 is 9.59 Å². The summed E-state index contributed by atoms with van der Waals surface area (Å²) in [6, 6.07) is 1.67. The average molecular weight is 207 g/mol. The molecular formula is C10H13N3O2. The highest BCUT2D eigenvalue weighted by atomic mass is 16.2. The lowest BCUT2D eigenvalue weighted by Crippen LogP contribution is -2.40. The maximum Gasteiger partial charge on any atom is 0.272 e. The Bertz CT molecular complexity index is 397. The van der Waals surface area contributed by atoms with Crippen molar-refractivity contribution in [3.8, 4) is 0 Å². The monoisotopic (exact) mass is 207 g/mol. The summed E-state index contributed by atoms with van der Waals surface area (Å²) in [6.45, 7) is 0.903. The van der Waals surface area contributed by atoms with E-state index in [1.165, 1.54) is 4.68 Å². The summed E-state index contributed by atoms with van der Waals surface area (Å²) in [5, 5.41) is 3.94. The quantitative estimate of drug-likeness (QED) is 0.662. The molecule has 1 fully saturated rings. The first kappa shape index (κ1) is 9.89. The summed E-state index contributed by atoms with van der Waals surface area (Å²) in [5.41, 5.74) is 0.532. The molecule has 1 aliphatic rings. The highest BCUT2D eigenvalue weighted by molar-refractivity contribution is 5.96. The van der Waals surface area contributed by atoms with Gasteiger partial charge in [0.2, 0.25) is 0 Å². The molecular weight excluding hydrogens is 194 g/mol. The highest BCUT2D eigenvalue weighted by Gasteiger charge is 2.23. The Morgan fingerprint density at radius 1 is 1.53 bits per heavy atom. The van der Waals surface area contributed by atoms with Crippen molar-refractivity contribution in [2.24, 2.45) is 7.05 Å². The van der Waals surface area contributed by atoms with E-state index in [0.29, 0.717) is 18.7 Å². The van der Waals surface area contributed by atoms with Crippen LogP contribution in [-0.4, -0.2) is 39.5 Å². The van der Waals surface area contributed by atoms with E-state index in [9.17, 15) is 9.59 Å². The number of nitrogens with zero attached hydrogens (tertiary/aromatic N) is 3. The van der Waals surface area contributed by atoms with E-state index in [0.717, 1.165) is 6.42 Å². The number of Topliss-reactive ketones (excluding diaryl/α,β-unsaturated/α-hetero) is 1. The lowest BCUT2D eigenvalue weighted by Gasteiger charge is -2.25. The Morgan fingerprint density at radius 3 is 2.93 bits per heavy atom. The van der Waals surface area contributed by atoms with Crippen LogP contribution >= 0.6 is 0 Å². The second-order valence-electron chi connectivity index (χ2n) is 3.71. The number of likely N-dealkylation sites (tertiary alicyclic amines) is 1. The van der Waals surface area contributed by atoms with Gasteiger partial charge in [0, 0.05) is 26.2 Å². The lowest BCUT2D eigenvalue weighted by molar-refractivity contribution is -0.121. The van der Waals surface area contributed by atoms with E-state index in [4.69, 9.17) is 0 Å². The van der Waals surface area contributed by atoms with Gasteiger partial charge in [-0.2, -0.15) is 5.10 Å². The third kappa shape index (κ3) is 1.91. The van der Waals surface area contributed by atoms with Crippen molar-refractivity contribution in [2.45, 2.75) is 12.8 Å². The maximum atomic E-state index is 11.9. The number of carbonyl (C=O) groups excluding carboxylic acids is 2. The van der Waals surface area contributed by atoms with Crippen molar-refractivity contribution >= 4 is 11.7 Å². The van der Waals surface area contributed by atoms with Crippen molar-refractivity contribution in [1.82, 2.24) is 14.7 Å². The molecule has 0 saturated carbocycles. The van der Waals surface area contributed by atoms with Gasteiger partial charge in [-0.15, -0.1) is 0 Å². The molecule has 0 radical (unpaired) electrons. The molecule has 1 saturated heterocycles. The van der Waals surface area contributed by atoms with Crippen LogP contribution in [0.3, 0.4) is 0 Å². The Hall–Kier alpha value is -1.65. The minimum absolute atomic E-state index is 0.108.